The van der Waals surface area contributed by atoms with Crippen LogP contribution in [0, 0.1) is 18.8 Å². The summed E-state index contributed by atoms with van der Waals surface area (Å²) in [5, 5.41) is 16.4. The molecule has 3 unspecified atom stereocenters. The van der Waals surface area contributed by atoms with E-state index in [0.717, 1.165) is 12.1 Å². The van der Waals surface area contributed by atoms with Gasteiger partial charge in [-0.2, -0.15) is 5.10 Å². The minimum atomic E-state index is -0.838. The van der Waals surface area contributed by atoms with E-state index in [2.05, 4.69) is 24.3 Å². The first-order valence-electron chi connectivity index (χ1n) is 8.16. The molecule has 3 atom stereocenters. The van der Waals surface area contributed by atoms with Crippen LogP contribution in [0.4, 0.5) is 10.5 Å². The molecule has 2 rings (SSSR count). The second-order valence-electron chi connectivity index (χ2n) is 6.56. The van der Waals surface area contributed by atoms with Gasteiger partial charge in [0.1, 0.15) is 0 Å². The number of carbonyl (C=O) groups is 2. The van der Waals surface area contributed by atoms with Crippen molar-refractivity contribution in [3.63, 3.8) is 0 Å². The Morgan fingerprint density at radius 1 is 1.48 bits per heavy atom. The number of nitrogens with one attached hydrogen (secondary N) is 1. The fourth-order valence-corrected chi connectivity index (χ4v) is 3.05. The molecule has 128 valence electrons. The number of anilines is 1. The maximum atomic E-state index is 12.5. The van der Waals surface area contributed by atoms with Gasteiger partial charge >= 0.3 is 12.0 Å². The van der Waals surface area contributed by atoms with Crippen LogP contribution in [0.2, 0.25) is 0 Å². The molecule has 1 fully saturated rings. The summed E-state index contributed by atoms with van der Waals surface area (Å²) in [7, 11) is 0. The van der Waals surface area contributed by atoms with Crippen LogP contribution < -0.4 is 5.32 Å². The number of hydrogen-bond donors (Lipinski definition) is 2. The van der Waals surface area contributed by atoms with E-state index in [1.807, 2.05) is 18.5 Å². The number of nitrogens with zero attached hydrogens (tertiary/aromatic N) is 3. The first kappa shape index (κ1) is 17.3. The average Bonchev–Trinajstić information content (AvgIpc) is 2.86. The summed E-state index contributed by atoms with van der Waals surface area (Å²) in [5.41, 5.74) is 1.59. The number of amides is 2. The van der Waals surface area contributed by atoms with Gasteiger partial charge in [-0.3, -0.25) is 9.48 Å². The summed E-state index contributed by atoms with van der Waals surface area (Å²) >= 11 is 0. The zero-order valence-electron chi connectivity index (χ0n) is 14.2. The van der Waals surface area contributed by atoms with Gasteiger partial charge in [0.25, 0.3) is 0 Å². The van der Waals surface area contributed by atoms with Crippen molar-refractivity contribution in [3.8, 4) is 0 Å². The Balaban J connectivity index is 2.07. The molecule has 0 bridgehead atoms. The molecule has 1 aliphatic heterocycles. The van der Waals surface area contributed by atoms with E-state index in [4.69, 9.17) is 0 Å². The normalized spacial score (nSPS) is 22.7. The lowest BCUT2D eigenvalue weighted by molar-refractivity contribution is -0.143. The fourth-order valence-electron chi connectivity index (χ4n) is 3.05. The van der Waals surface area contributed by atoms with Gasteiger partial charge in [0.2, 0.25) is 0 Å². The molecule has 1 saturated heterocycles. The van der Waals surface area contributed by atoms with Crippen molar-refractivity contribution in [3.05, 3.63) is 11.9 Å². The van der Waals surface area contributed by atoms with E-state index in [0.29, 0.717) is 18.7 Å². The molecule has 0 saturated carbocycles. The second-order valence-corrected chi connectivity index (χ2v) is 6.56. The van der Waals surface area contributed by atoms with Crippen LogP contribution in [-0.4, -0.2) is 44.9 Å². The zero-order valence-corrected chi connectivity index (χ0v) is 14.2. The maximum absolute atomic E-state index is 12.5. The summed E-state index contributed by atoms with van der Waals surface area (Å²) in [4.78, 5) is 25.3. The monoisotopic (exact) mass is 322 g/mol. The van der Waals surface area contributed by atoms with Crippen LogP contribution in [-0.2, 0) is 4.79 Å². The highest BCUT2D eigenvalue weighted by atomic mass is 16.4. The quantitative estimate of drug-likeness (QED) is 0.892. The Bertz CT molecular complexity index is 584. The summed E-state index contributed by atoms with van der Waals surface area (Å²) in [6, 6.07) is 0.0154. The van der Waals surface area contributed by atoms with Gasteiger partial charge in [0, 0.05) is 19.1 Å². The van der Waals surface area contributed by atoms with Crippen LogP contribution in [0.1, 0.15) is 45.3 Å². The molecule has 23 heavy (non-hydrogen) atoms. The van der Waals surface area contributed by atoms with Crippen molar-refractivity contribution < 1.29 is 14.7 Å². The van der Waals surface area contributed by atoms with Gasteiger partial charge < -0.3 is 15.3 Å². The van der Waals surface area contributed by atoms with Crippen molar-refractivity contribution in [1.82, 2.24) is 14.7 Å². The molecule has 2 amide bonds. The molecule has 1 aromatic heterocycles. The molecule has 7 nitrogen and oxygen atoms in total. The molecule has 2 heterocycles. The number of carboxylic acid groups (broad SMARTS) is 1. The third kappa shape index (κ3) is 3.83. The summed E-state index contributed by atoms with van der Waals surface area (Å²) in [5.74, 6) is -1.15. The molecule has 0 radical (unpaired) electrons. The number of aliphatic carboxylic acids is 1. The summed E-state index contributed by atoms with van der Waals surface area (Å²) in [6.07, 6.45) is 3.23. The first-order valence-corrected chi connectivity index (χ1v) is 8.16. The van der Waals surface area contributed by atoms with Crippen molar-refractivity contribution in [2.45, 2.75) is 46.6 Å². The number of carboxylic acids is 1. The third-order valence-corrected chi connectivity index (χ3v) is 4.59. The van der Waals surface area contributed by atoms with Gasteiger partial charge in [-0.25, -0.2) is 4.79 Å². The van der Waals surface area contributed by atoms with Gasteiger partial charge in [-0.05, 0) is 32.6 Å². The first-order chi connectivity index (χ1) is 10.8. The third-order valence-electron chi connectivity index (χ3n) is 4.59. The number of urea groups is 1. The van der Waals surface area contributed by atoms with Crippen molar-refractivity contribution in [1.29, 1.82) is 0 Å². The van der Waals surface area contributed by atoms with E-state index >= 15 is 0 Å². The summed E-state index contributed by atoms with van der Waals surface area (Å²) < 4.78 is 1.90. The Labute approximate surface area is 136 Å². The van der Waals surface area contributed by atoms with Gasteiger partial charge in [0.15, 0.2) is 0 Å². The molecule has 0 spiro atoms. The largest absolute Gasteiger partial charge is 0.481 e. The maximum Gasteiger partial charge on any atom is 0.321 e. The minimum Gasteiger partial charge on any atom is -0.481 e. The standard InChI is InChI=1S/C16H26N4O3/c1-5-11(3)20-12(4)14(7-17-20)18-16(23)19-8-10(2)6-13(9-19)15(21)22/h7,10-11,13H,5-6,8-9H2,1-4H3,(H,18,23)(H,21,22). The van der Waals surface area contributed by atoms with Crippen LogP contribution in [0.15, 0.2) is 6.20 Å². The molecule has 7 heteroatoms. The fraction of sp³-hybridized carbons (Fsp3) is 0.688. The summed E-state index contributed by atoms with van der Waals surface area (Å²) in [6.45, 7) is 8.90. The Morgan fingerprint density at radius 3 is 2.78 bits per heavy atom. The van der Waals surface area contributed by atoms with Crippen molar-refractivity contribution in [2.24, 2.45) is 11.8 Å². The lowest BCUT2D eigenvalue weighted by Crippen LogP contribution is -2.47. The number of aromatic nitrogens is 2. The van der Waals surface area contributed by atoms with E-state index in [1.165, 1.54) is 0 Å². The van der Waals surface area contributed by atoms with E-state index in [1.54, 1.807) is 11.1 Å². The molecule has 1 aliphatic rings. The molecular weight excluding hydrogens is 296 g/mol. The number of piperidine rings is 1. The lowest BCUT2D eigenvalue weighted by Gasteiger charge is -2.34. The Hall–Kier alpha value is -2.05. The molecule has 2 N–H and O–H groups in total. The predicted molar refractivity (Wildman–Crippen MR) is 87.5 cm³/mol. The average molecular weight is 322 g/mol. The van der Waals surface area contributed by atoms with Crippen LogP contribution in [0.5, 0.6) is 0 Å². The van der Waals surface area contributed by atoms with E-state index in [-0.39, 0.29) is 24.5 Å². The molecule has 0 aliphatic carbocycles. The Morgan fingerprint density at radius 2 is 2.17 bits per heavy atom. The number of carbonyl (C=O) groups excluding carboxylic acids is 1. The van der Waals surface area contributed by atoms with Gasteiger partial charge in [-0.1, -0.05) is 13.8 Å². The van der Waals surface area contributed by atoms with Crippen LogP contribution >= 0.6 is 0 Å². The van der Waals surface area contributed by atoms with Crippen LogP contribution in [0.3, 0.4) is 0 Å². The molecular formula is C16H26N4O3. The predicted octanol–water partition coefficient (Wildman–Crippen LogP) is 2.74. The zero-order chi connectivity index (χ0) is 17.1. The smallest absolute Gasteiger partial charge is 0.321 e. The second kappa shape index (κ2) is 7.02. The van der Waals surface area contributed by atoms with Gasteiger partial charge in [0.05, 0.1) is 23.5 Å². The SMILES string of the molecule is CCC(C)n1ncc(NC(=O)N2CC(C)CC(C(=O)O)C2)c1C. The number of rotatable bonds is 4. The van der Waals surface area contributed by atoms with E-state index in [9.17, 15) is 14.7 Å². The topological polar surface area (TPSA) is 87.5 Å². The Kier molecular flexibility index (Phi) is 5.28. The molecule has 1 aromatic rings. The highest BCUT2D eigenvalue weighted by molar-refractivity contribution is 5.90. The minimum absolute atomic E-state index is 0.180. The van der Waals surface area contributed by atoms with Crippen LogP contribution in [0.25, 0.3) is 0 Å². The molecule has 0 aromatic carbocycles. The van der Waals surface area contributed by atoms with Gasteiger partial charge in [-0.15, -0.1) is 0 Å². The van der Waals surface area contributed by atoms with Crippen molar-refractivity contribution in [2.75, 3.05) is 18.4 Å². The highest BCUT2D eigenvalue weighted by Gasteiger charge is 2.32. The van der Waals surface area contributed by atoms with E-state index < -0.39 is 11.9 Å². The lowest BCUT2D eigenvalue weighted by atomic mass is 9.91. The number of hydrogen-bond acceptors (Lipinski definition) is 3. The van der Waals surface area contributed by atoms with Crippen molar-refractivity contribution >= 4 is 17.7 Å². The number of likely N-dealkylation sites (tertiary alicyclic amines) is 1. The highest BCUT2D eigenvalue weighted by Crippen LogP contribution is 2.24.